The number of rotatable bonds is 6. The number of carbonyl (C=O) groups excluding carboxylic acids is 1. The Hall–Kier alpha value is -2.05. The van der Waals surface area contributed by atoms with Crippen LogP contribution in [-0.2, 0) is 11.3 Å². The number of aromatic amines is 1. The van der Waals surface area contributed by atoms with Gasteiger partial charge in [0.25, 0.3) is 0 Å². The van der Waals surface area contributed by atoms with Crippen molar-refractivity contribution >= 4 is 12.0 Å². The molecule has 18 heavy (non-hydrogen) atoms. The predicted octanol–water partition coefficient (Wildman–Crippen LogP) is 0.662. The average molecular weight is 254 g/mol. The van der Waals surface area contributed by atoms with Crippen LogP contribution < -0.4 is 5.32 Å². The summed E-state index contributed by atoms with van der Waals surface area (Å²) in [6.45, 7) is 2.26. The Morgan fingerprint density at radius 1 is 1.61 bits per heavy atom. The third kappa shape index (κ3) is 4.08. The first-order chi connectivity index (χ1) is 8.54. The minimum absolute atomic E-state index is 0.132. The zero-order valence-corrected chi connectivity index (χ0v) is 10.5. The second-order valence-corrected chi connectivity index (χ2v) is 4.02. The molecule has 100 valence electrons. The number of nitrogens with zero attached hydrogens (tertiary/aromatic N) is 2. The van der Waals surface area contributed by atoms with Gasteiger partial charge in [-0.15, -0.1) is 0 Å². The molecule has 0 aromatic carbocycles. The zero-order valence-electron chi connectivity index (χ0n) is 10.5. The highest BCUT2D eigenvalue weighted by molar-refractivity contribution is 5.75. The summed E-state index contributed by atoms with van der Waals surface area (Å²) in [7, 11) is 1.62. The minimum atomic E-state index is -0.897. The lowest BCUT2D eigenvalue weighted by Gasteiger charge is -2.18. The van der Waals surface area contributed by atoms with E-state index in [0.29, 0.717) is 18.8 Å². The summed E-state index contributed by atoms with van der Waals surface area (Å²) in [5.74, 6) is -0.768. The van der Waals surface area contributed by atoms with E-state index in [-0.39, 0.29) is 12.6 Å². The molecule has 0 aliphatic carbocycles. The molecule has 0 saturated carbocycles. The molecule has 1 unspecified atom stereocenters. The number of aromatic nitrogens is 2. The maximum atomic E-state index is 11.7. The van der Waals surface area contributed by atoms with E-state index < -0.39 is 11.9 Å². The van der Waals surface area contributed by atoms with E-state index in [9.17, 15) is 9.59 Å². The molecule has 1 aromatic rings. The van der Waals surface area contributed by atoms with Crippen molar-refractivity contribution < 1.29 is 14.7 Å². The molecule has 0 fully saturated rings. The first-order valence-corrected chi connectivity index (χ1v) is 5.74. The molecule has 0 saturated heterocycles. The van der Waals surface area contributed by atoms with Crippen LogP contribution in [0.3, 0.4) is 0 Å². The Labute approximate surface area is 105 Å². The molecular formula is C11H18N4O3. The van der Waals surface area contributed by atoms with Gasteiger partial charge in [0.2, 0.25) is 0 Å². The van der Waals surface area contributed by atoms with Gasteiger partial charge in [0.1, 0.15) is 5.82 Å². The first kappa shape index (κ1) is 14.0. The number of amides is 2. The van der Waals surface area contributed by atoms with Gasteiger partial charge >= 0.3 is 12.0 Å². The Bertz CT molecular complexity index is 391. The maximum absolute atomic E-state index is 11.7. The number of carboxylic acids is 1. The van der Waals surface area contributed by atoms with Crippen molar-refractivity contribution in [3.05, 3.63) is 18.2 Å². The van der Waals surface area contributed by atoms with Crippen LogP contribution in [0.15, 0.2) is 12.4 Å². The molecule has 1 aromatic heterocycles. The van der Waals surface area contributed by atoms with Crippen molar-refractivity contribution in [3.63, 3.8) is 0 Å². The molecule has 0 aliphatic rings. The number of urea groups is 1. The lowest BCUT2D eigenvalue weighted by atomic mass is 10.1. The van der Waals surface area contributed by atoms with E-state index in [4.69, 9.17) is 5.11 Å². The molecule has 0 bridgehead atoms. The maximum Gasteiger partial charge on any atom is 0.317 e. The molecule has 1 rings (SSSR count). The van der Waals surface area contributed by atoms with Crippen LogP contribution in [0.5, 0.6) is 0 Å². The lowest BCUT2D eigenvalue weighted by molar-refractivity contribution is -0.141. The van der Waals surface area contributed by atoms with Crippen molar-refractivity contribution in [1.29, 1.82) is 0 Å². The molecule has 7 heteroatoms. The van der Waals surface area contributed by atoms with E-state index >= 15 is 0 Å². The van der Waals surface area contributed by atoms with Gasteiger partial charge < -0.3 is 20.3 Å². The van der Waals surface area contributed by atoms with Gasteiger partial charge in [0.15, 0.2) is 0 Å². The van der Waals surface area contributed by atoms with Crippen LogP contribution in [0.4, 0.5) is 4.79 Å². The second-order valence-electron chi connectivity index (χ2n) is 4.02. The van der Waals surface area contributed by atoms with Crippen LogP contribution >= 0.6 is 0 Å². The van der Waals surface area contributed by atoms with Crippen molar-refractivity contribution in [2.24, 2.45) is 5.92 Å². The van der Waals surface area contributed by atoms with Gasteiger partial charge in [-0.2, -0.15) is 0 Å². The number of H-pyrrole nitrogens is 1. The number of nitrogens with one attached hydrogen (secondary N) is 2. The van der Waals surface area contributed by atoms with Gasteiger partial charge in [-0.05, 0) is 6.42 Å². The molecule has 0 radical (unpaired) electrons. The number of imidazole rings is 1. The summed E-state index contributed by atoms with van der Waals surface area (Å²) in [6.07, 6.45) is 3.77. The largest absolute Gasteiger partial charge is 0.481 e. The Morgan fingerprint density at radius 3 is 2.83 bits per heavy atom. The quantitative estimate of drug-likeness (QED) is 0.694. The van der Waals surface area contributed by atoms with Gasteiger partial charge in [-0.3, -0.25) is 4.79 Å². The summed E-state index contributed by atoms with van der Waals surface area (Å²) in [5, 5.41) is 11.4. The Balaban J connectivity index is 2.38. The summed E-state index contributed by atoms with van der Waals surface area (Å²) in [5.41, 5.74) is 0. The molecule has 0 spiro atoms. The lowest BCUT2D eigenvalue weighted by Crippen LogP contribution is -2.40. The molecule has 7 nitrogen and oxygen atoms in total. The van der Waals surface area contributed by atoms with Gasteiger partial charge in [0, 0.05) is 26.0 Å². The van der Waals surface area contributed by atoms with Crippen LogP contribution in [-0.4, -0.2) is 45.6 Å². The number of carbonyl (C=O) groups is 2. The van der Waals surface area contributed by atoms with E-state index in [1.54, 1.807) is 26.4 Å². The van der Waals surface area contributed by atoms with Crippen molar-refractivity contribution in [1.82, 2.24) is 20.2 Å². The SMILES string of the molecule is CCC(CNC(=O)N(C)Cc1ncc[nH]1)C(=O)O. The summed E-state index contributed by atoms with van der Waals surface area (Å²) < 4.78 is 0. The van der Waals surface area contributed by atoms with Gasteiger partial charge in [-0.25, -0.2) is 9.78 Å². The summed E-state index contributed by atoms with van der Waals surface area (Å²) in [6, 6.07) is -0.314. The molecule has 1 heterocycles. The topological polar surface area (TPSA) is 98.3 Å². The van der Waals surface area contributed by atoms with Gasteiger partial charge in [-0.1, -0.05) is 6.92 Å². The summed E-state index contributed by atoms with van der Waals surface area (Å²) >= 11 is 0. The van der Waals surface area contributed by atoms with E-state index in [0.717, 1.165) is 0 Å². The first-order valence-electron chi connectivity index (χ1n) is 5.74. The third-order valence-corrected chi connectivity index (χ3v) is 2.63. The van der Waals surface area contributed by atoms with Crippen LogP contribution in [0.2, 0.25) is 0 Å². The van der Waals surface area contributed by atoms with Crippen molar-refractivity contribution in [2.75, 3.05) is 13.6 Å². The second kappa shape index (κ2) is 6.63. The molecule has 0 aliphatic heterocycles. The highest BCUT2D eigenvalue weighted by Crippen LogP contribution is 2.01. The van der Waals surface area contributed by atoms with Crippen molar-refractivity contribution in [3.8, 4) is 0 Å². The van der Waals surface area contributed by atoms with E-state index in [1.165, 1.54) is 4.90 Å². The standard InChI is InChI=1S/C11H18N4O3/c1-3-8(10(16)17)6-14-11(18)15(2)7-9-12-4-5-13-9/h4-5,8H,3,6-7H2,1-2H3,(H,12,13)(H,14,18)(H,16,17). The normalized spacial score (nSPS) is 11.9. The van der Waals surface area contributed by atoms with Gasteiger partial charge in [0.05, 0.1) is 12.5 Å². The Kier molecular flexibility index (Phi) is 5.16. The monoisotopic (exact) mass is 254 g/mol. The average Bonchev–Trinajstić information content (AvgIpc) is 2.81. The molecule has 1 atom stereocenters. The van der Waals surface area contributed by atoms with Crippen LogP contribution in [0, 0.1) is 5.92 Å². The number of hydrogen-bond acceptors (Lipinski definition) is 3. The fourth-order valence-corrected chi connectivity index (χ4v) is 1.43. The number of aliphatic carboxylic acids is 1. The fraction of sp³-hybridized carbons (Fsp3) is 0.545. The van der Waals surface area contributed by atoms with Crippen molar-refractivity contribution in [2.45, 2.75) is 19.9 Å². The minimum Gasteiger partial charge on any atom is -0.481 e. The predicted molar refractivity (Wildman–Crippen MR) is 64.9 cm³/mol. The molecule has 2 amide bonds. The smallest absolute Gasteiger partial charge is 0.317 e. The van der Waals surface area contributed by atoms with E-state index in [2.05, 4.69) is 15.3 Å². The number of hydrogen-bond donors (Lipinski definition) is 3. The highest BCUT2D eigenvalue weighted by atomic mass is 16.4. The Morgan fingerprint density at radius 2 is 2.33 bits per heavy atom. The third-order valence-electron chi connectivity index (χ3n) is 2.63. The highest BCUT2D eigenvalue weighted by Gasteiger charge is 2.17. The van der Waals surface area contributed by atoms with E-state index in [1.807, 2.05) is 0 Å². The van der Waals surface area contributed by atoms with Crippen LogP contribution in [0.25, 0.3) is 0 Å². The molecule has 3 N–H and O–H groups in total. The summed E-state index contributed by atoms with van der Waals surface area (Å²) in [4.78, 5) is 30.8. The molecular weight excluding hydrogens is 236 g/mol. The zero-order chi connectivity index (χ0) is 13.5. The fourth-order valence-electron chi connectivity index (χ4n) is 1.43. The number of carboxylic acid groups (broad SMARTS) is 1. The van der Waals surface area contributed by atoms with Crippen LogP contribution in [0.1, 0.15) is 19.2 Å².